The number of hydrogen-bond acceptors (Lipinski definition) is 4. The van der Waals surface area contributed by atoms with E-state index in [9.17, 15) is 15.0 Å². The molecule has 24 heavy (non-hydrogen) atoms. The molecule has 136 valence electrons. The maximum Gasteiger partial charge on any atom is 0.333 e. The van der Waals surface area contributed by atoms with Gasteiger partial charge in [-0.15, -0.1) is 0 Å². The molecule has 0 amide bonds. The average molecular weight is 336 g/mol. The average Bonchev–Trinajstić information content (AvgIpc) is 2.82. The topological polar surface area (TPSA) is 66.8 Å². The predicted molar refractivity (Wildman–Crippen MR) is 92.0 cm³/mol. The van der Waals surface area contributed by atoms with Gasteiger partial charge in [0.2, 0.25) is 6.29 Å². The number of cyclic esters (lactones) is 1. The summed E-state index contributed by atoms with van der Waals surface area (Å²) in [6.07, 6.45) is 7.29. The molecule has 2 saturated carbocycles. The van der Waals surface area contributed by atoms with Gasteiger partial charge in [0.1, 0.15) is 0 Å². The zero-order valence-electron chi connectivity index (χ0n) is 15.5. The fourth-order valence-corrected chi connectivity index (χ4v) is 5.79. The SMILES string of the molecule is C[C@H]1CC[C@@]2(C)[C@@H](CCC[C@]2(C)O)[C@]1(C)CCC1=CC(=O)O[C@@H]1O. The number of fused-ring (bicyclic) bond motifs is 1. The fraction of sp³-hybridized carbons (Fsp3) is 0.850. The van der Waals surface area contributed by atoms with Gasteiger partial charge in [0.25, 0.3) is 0 Å². The minimum Gasteiger partial charge on any atom is -0.429 e. The minimum absolute atomic E-state index is 0.0541. The summed E-state index contributed by atoms with van der Waals surface area (Å²) >= 11 is 0. The molecule has 0 bridgehead atoms. The molecule has 4 heteroatoms. The highest BCUT2D eigenvalue weighted by atomic mass is 16.6. The summed E-state index contributed by atoms with van der Waals surface area (Å²) in [5, 5.41) is 20.9. The van der Waals surface area contributed by atoms with Crippen LogP contribution in [0.15, 0.2) is 11.6 Å². The van der Waals surface area contributed by atoms with Gasteiger partial charge in [-0.25, -0.2) is 4.79 Å². The van der Waals surface area contributed by atoms with Crippen LogP contribution >= 0.6 is 0 Å². The Hall–Kier alpha value is -0.870. The molecule has 4 nitrogen and oxygen atoms in total. The molecule has 0 aromatic carbocycles. The lowest BCUT2D eigenvalue weighted by molar-refractivity contribution is -0.192. The Morgan fingerprint density at radius 2 is 1.96 bits per heavy atom. The molecule has 2 N–H and O–H groups in total. The second-order valence-corrected chi connectivity index (χ2v) is 9.09. The van der Waals surface area contributed by atoms with Gasteiger partial charge in [-0.1, -0.05) is 27.2 Å². The van der Waals surface area contributed by atoms with Crippen molar-refractivity contribution in [2.24, 2.45) is 22.7 Å². The van der Waals surface area contributed by atoms with Crippen molar-refractivity contribution in [2.45, 2.75) is 84.5 Å². The molecule has 1 heterocycles. The Kier molecular flexibility index (Phi) is 4.37. The maximum absolute atomic E-state index is 11.3. The van der Waals surface area contributed by atoms with Crippen LogP contribution in [0.1, 0.15) is 72.6 Å². The number of hydrogen-bond donors (Lipinski definition) is 2. The Balaban J connectivity index is 1.83. The van der Waals surface area contributed by atoms with Gasteiger partial charge in [0.15, 0.2) is 0 Å². The maximum atomic E-state index is 11.3. The number of carbonyl (C=O) groups excluding carboxylic acids is 1. The largest absolute Gasteiger partial charge is 0.429 e. The molecule has 0 aromatic heterocycles. The van der Waals surface area contributed by atoms with E-state index in [0.717, 1.165) is 38.5 Å². The molecule has 3 rings (SSSR count). The van der Waals surface area contributed by atoms with E-state index in [1.807, 2.05) is 6.92 Å². The van der Waals surface area contributed by atoms with Crippen LogP contribution in [0.25, 0.3) is 0 Å². The number of rotatable bonds is 3. The summed E-state index contributed by atoms with van der Waals surface area (Å²) < 4.78 is 4.82. The third-order valence-corrected chi connectivity index (χ3v) is 7.97. The Morgan fingerprint density at radius 3 is 2.58 bits per heavy atom. The lowest BCUT2D eigenvalue weighted by atomic mass is 9.43. The Labute approximate surface area is 145 Å². The number of carbonyl (C=O) groups is 1. The van der Waals surface area contributed by atoms with Crippen LogP contribution in [-0.4, -0.2) is 28.1 Å². The summed E-state index contributed by atoms with van der Waals surface area (Å²) in [4.78, 5) is 11.3. The third kappa shape index (κ3) is 2.62. The van der Waals surface area contributed by atoms with E-state index in [-0.39, 0.29) is 10.8 Å². The number of ether oxygens (including phenoxy) is 1. The summed E-state index contributed by atoms with van der Waals surface area (Å²) in [5.74, 6) is 0.596. The lowest BCUT2D eigenvalue weighted by Gasteiger charge is -2.63. The predicted octanol–water partition coefficient (Wildman–Crippen LogP) is 3.56. The summed E-state index contributed by atoms with van der Waals surface area (Å²) in [7, 11) is 0. The smallest absolute Gasteiger partial charge is 0.333 e. The van der Waals surface area contributed by atoms with Crippen molar-refractivity contribution in [3.8, 4) is 0 Å². The van der Waals surface area contributed by atoms with Crippen molar-refractivity contribution in [3.63, 3.8) is 0 Å². The quantitative estimate of drug-likeness (QED) is 0.773. The van der Waals surface area contributed by atoms with E-state index in [0.29, 0.717) is 23.8 Å². The molecular weight excluding hydrogens is 304 g/mol. The highest BCUT2D eigenvalue weighted by Gasteiger charge is 2.59. The second kappa shape index (κ2) is 5.84. The zero-order valence-corrected chi connectivity index (χ0v) is 15.5. The van der Waals surface area contributed by atoms with Crippen LogP contribution in [0.4, 0.5) is 0 Å². The lowest BCUT2D eigenvalue weighted by Crippen LogP contribution is -2.60. The van der Waals surface area contributed by atoms with Gasteiger partial charge in [0, 0.05) is 11.6 Å². The molecule has 3 aliphatic rings. The minimum atomic E-state index is -1.07. The highest BCUT2D eigenvalue weighted by Crippen LogP contribution is 2.64. The van der Waals surface area contributed by atoms with Gasteiger partial charge >= 0.3 is 5.97 Å². The van der Waals surface area contributed by atoms with Gasteiger partial charge in [-0.3, -0.25) is 0 Å². The van der Waals surface area contributed by atoms with Crippen LogP contribution in [0.3, 0.4) is 0 Å². The van der Waals surface area contributed by atoms with Crippen LogP contribution in [-0.2, 0) is 9.53 Å². The van der Waals surface area contributed by atoms with Crippen LogP contribution < -0.4 is 0 Å². The van der Waals surface area contributed by atoms with Gasteiger partial charge < -0.3 is 14.9 Å². The van der Waals surface area contributed by atoms with E-state index < -0.39 is 17.9 Å². The molecule has 2 fully saturated rings. The van der Waals surface area contributed by atoms with Crippen molar-refractivity contribution in [2.75, 3.05) is 0 Å². The zero-order chi connectivity index (χ0) is 17.8. The Morgan fingerprint density at radius 1 is 1.25 bits per heavy atom. The second-order valence-electron chi connectivity index (χ2n) is 9.09. The van der Waals surface area contributed by atoms with Crippen molar-refractivity contribution in [1.29, 1.82) is 0 Å². The Bertz CT molecular complexity index is 552. The van der Waals surface area contributed by atoms with E-state index in [4.69, 9.17) is 4.74 Å². The van der Waals surface area contributed by atoms with Crippen molar-refractivity contribution < 1.29 is 19.7 Å². The first kappa shape index (κ1) is 17.9. The first-order valence-electron chi connectivity index (χ1n) is 9.42. The molecule has 6 atom stereocenters. The molecule has 0 spiro atoms. The number of aliphatic hydroxyl groups excluding tert-OH is 1. The van der Waals surface area contributed by atoms with Crippen molar-refractivity contribution >= 4 is 5.97 Å². The third-order valence-electron chi connectivity index (χ3n) is 7.97. The summed E-state index contributed by atoms with van der Waals surface area (Å²) in [5.41, 5.74) is 0.136. The standard InChI is InChI=1S/C20H32O4/c1-13-7-11-19(3)15(6-5-9-20(19,4)23)18(13,2)10-8-14-12-16(21)24-17(14)22/h12-13,15,17,22-23H,5-11H2,1-4H3/t13-,15-,17-,18+,19-,20-/m0/s1. The van der Waals surface area contributed by atoms with Gasteiger partial charge in [-0.2, -0.15) is 0 Å². The summed E-state index contributed by atoms with van der Waals surface area (Å²) in [6.45, 7) is 8.97. The molecule has 0 unspecified atom stereocenters. The first-order valence-corrected chi connectivity index (χ1v) is 9.42. The molecular formula is C20H32O4. The molecule has 2 aliphatic carbocycles. The molecule has 0 radical (unpaired) electrons. The van der Waals surface area contributed by atoms with Crippen LogP contribution in [0, 0.1) is 22.7 Å². The van der Waals surface area contributed by atoms with Gasteiger partial charge in [-0.05, 0) is 68.1 Å². The van der Waals surface area contributed by atoms with Gasteiger partial charge in [0.05, 0.1) is 5.60 Å². The normalized spacial score (nSPS) is 48.7. The van der Waals surface area contributed by atoms with Crippen molar-refractivity contribution in [1.82, 2.24) is 0 Å². The number of aliphatic hydroxyl groups is 2. The van der Waals surface area contributed by atoms with Crippen LogP contribution in [0.2, 0.25) is 0 Å². The van der Waals surface area contributed by atoms with Crippen molar-refractivity contribution in [3.05, 3.63) is 11.6 Å². The van der Waals surface area contributed by atoms with Crippen LogP contribution in [0.5, 0.6) is 0 Å². The monoisotopic (exact) mass is 336 g/mol. The fourth-order valence-electron chi connectivity index (χ4n) is 5.79. The first-order chi connectivity index (χ1) is 11.1. The number of esters is 1. The van der Waals surface area contributed by atoms with E-state index >= 15 is 0 Å². The highest BCUT2D eigenvalue weighted by molar-refractivity contribution is 5.85. The molecule has 0 aromatic rings. The summed E-state index contributed by atoms with van der Waals surface area (Å²) in [6, 6.07) is 0. The molecule has 0 saturated heterocycles. The van der Waals surface area contributed by atoms with E-state index in [1.165, 1.54) is 6.08 Å². The van der Waals surface area contributed by atoms with E-state index in [1.54, 1.807) is 0 Å². The molecule has 1 aliphatic heterocycles. The van der Waals surface area contributed by atoms with E-state index in [2.05, 4.69) is 20.8 Å².